The van der Waals surface area contributed by atoms with E-state index in [9.17, 15) is 4.39 Å². The molecule has 1 aliphatic carbocycles. The van der Waals surface area contributed by atoms with Gasteiger partial charge in [0.2, 0.25) is 0 Å². The van der Waals surface area contributed by atoms with Crippen LogP contribution in [0.2, 0.25) is 0 Å². The van der Waals surface area contributed by atoms with Gasteiger partial charge in [0, 0.05) is 11.8 Å². The van der Waals surface area contributed by atoms with Crippen molar-refractivity contribution >= 4 is 5.69 Å². The lowest BCUT2D eigenvalue weighted by Crippen LogP contribution is -1.97. The molecule has 2 aromatic rings. The van der Waals surface area contributed by atoms with Gasteiger partial charge in [0.05, 0.1) is 11.4 Å². The van der Waals surface area contributed by atoms with Gasteiger partial charge < -0.3 is 5.73 Å². The Balaban J connectivity index is 2.06. The van der Waals surface area contributed by atoms with Gasteiger partial charge in [0.15, 0.2) is 0 Å². The summed E-state index contributed by atoms with van der Waals surface area (Å²) in [6.07, 6.45) is 4.23. The van der Waals surface area contributed by atoms with Crippen LogP contribution in [-0.4, -0.2) is 4.98 Å². The first kappa shape index (κ1) is 10.3. The second-order valence-corrected chi connectivity index (χ2v) is 4.46. The van der Waals surface area contributed by atoms with Crippen LogP contribution in [0.4, 0.5) is 10.1 Å². The number of rotatable bonds is 2. The lowest BCUT2D eigenvalue weighted by Gasteiger charge is -2.07. The van der Waals surface area contributed by atoms with Crippen LogP contribution < -0.4 is 5.73 Å². The molecule has 1 heterocycles. The zero-order chi connectivity index (χ0) is 11.8. The second-order valence-electron chi connectivity index (χ2n) is 4.46. The third-order valence-electron chi connectivity index (χ3n) is 3.12. The Hall–Kier alpha value is -1.90. The van der Waals surface area contributed by atoms with Gasteiger partial charge in [-0.05, 0) is 42.5 Å². The van der Waals surface area contributed by atoms with Crippen molar-refractivity contribution in [1.82, 2.24) is 4.98 Å². The molecule has 0 saturated heterocycles. The number of nitrogens with zero attached hydrogens (tertiary/aromatic N) is 1. The third-order valence-corrected chi connectivity index (χ3v) is 3.12. The smallest absolute Gasteiger partial charge is 0.132 e. The summed E-state index contributed by atoms with van der Waals surface area (Å²) in [6.45, 7) is 0. The van der Waals surface area contributed by atoms with E-state index in [2.05, 4.69) is 4.98 Å². The zero-order valence-corrected chi connectivity index (χ0v) is 9.36. The van der Waals surface area contributed by atoms with Crippen molar-refractivity contribution in [3.05, 3.63) is 47.9 Å². The number of hydrogen-bond acceptors (Lipinski definition) is 2. The van der Waals surface area contributed by atoms with Gasteiger partial charge >= 0.3 is 0 Å². The van der Waals surface area contributed by atoms with Gasteiger partial charge in [0.25, 0.3) is 0 Å². The van der Waals surface area contributed by atoms with E-state index in [1.165, 1.54) is 24.5 Å². The number of nitrogen functional groups attached to an aromatic ring is 1. The largest absolute Gasteiger partial charge is 0.397 e. The minimum absolute atomic E-state index is 0.286. The van der Waals surface area contributed by atoms with Crippen molar-refractivity contribution in [2.45, 2.75) is 18.8 Å². The monoisotopic (exact) mass is 228 g/mol. The van der Waals surface area contributed by atoms with Crippen LogP contribution in [-0.2, 0) is 0 Å². The molecule has 17 heavy (non-hydrogen) atoms. The first-order chi connectivity index (χ1) is 8.25. The van der Waals surface area contributed by atoms with Gasteiger partial charge in [-0.2, -0.15) is 0 Å². The molecule has 0 radical (unpaired) electrons. The molecule has 0 bridgehead atoms. The molecule has 1 aliphatic rings. The summed E-state index contributed by atoms with van der Waals surface area (Å²) in [5.41, 5.74) is 8.68. The first-order valence-corrected chi connectivity index (χ1v) is 5.76. The van der Waals surface area contributed by atoms with Crippen molar-refractivity contribution in [2.75, 3.05) is 5.73 Å². The van der Waals surface area contributed by atoms with Crippen LogP contribution in [0.1, 0.15) is 24.3 Å². The summed E-state index contributed by atoms with van der Waals surface area (Å²) in [4.78, 5) is 4.31. The predicted molar refractivity (Wildman–Crippen MR) is 66.0 cm³/mol. The molecule has 1 aromatic carbocycles. The van der Waals surface area contributed by atoms with Crippen LogP contribution in [0.5, 0.6) is 0 Å². The van der Waals surface area contributed by atoms with E-state index in [4.69, 9.17) is 5.73 Å². The fourth-order valence-corrected chi connectivity index (χ4v) is 2.02. The molecule has 1 fully saturated rings. The predicted octanol–water partition coefficient (Wildman–Crippen LogP) is 3.35. The highest BCUT2D eigenvalue weighted by Gasteiger charge is 2.24. The highest BCUT2D eigenvalue weighted by molar-refractivity contribution is 5.73. The van der Waals surface area contributed by atoms with Gasteiger partial charge in [-0.1, -0.05) is 12.1 Å². The molecule has 0 spiro atoms. The molecule has 1 saturated carbocycles. The second kappa shape index (κ2) is 3.84. The van der Waals surface area contributed by atoms with E-state index in [0.29, 0.717) is 22.9 Å². The quantitative estimate of drug-likeness (QED) is 0.856. The average molecular weight is 228 g/mol. The van der Waals surface area contributed by atoms with E-state index in [0.717, 1.165) is 0 Å². The molecular formula is C14H13FN2. The van der Waals surface area contributed by atoms with Crippen LogP contribution >= 0.6 is 0 Å². The Kier molecular flexibility index (Phi) is 2.32. The zero-order valence-electron chi connectivity index (χ0n) is 9.36. The fraction of sp³-hybridized carbons (Fsp3) is 0.214. The van der Waals surface area contributed by atoms with Crippen molar-refractivity contribution in [3.8, 4) is 11.3 Å². The van der Waals surface area contributed by atoms with Gasteiger partial charge in [0.1, 0.15) is 5.82 Å². The first-order valence-electron chi connectivity index (χ1n) is 5.76. The third kappa shape index (κ3) is 1.88. The number of anilines is 1. The molecule has 0 atom stereocenters. The number of benzene rings is 1. The minimum Gasteiger partial charge on any atom is -0.397 e. The molecule has 86 valence electrons. The van der Waals surface area contributed by atoms with Crippen LogP contribution in [0.3, 0.4) is 0 Å². The lowest BCUT2D eigenvalue weighted by atomic mass is 10.1. The molecule has 0 aliphatic heterocycles. The summed E-state index contributed by atoms with van der Waals surface area (Å²) >= 11 is 0. The van der Waals surface area contributed by atoms with E-state index < -0.39 is 0 Å². The van der Waals surface area contributed by atoms with Gasteiger partial charge in [-0.25, -0.2) is 4.39 Å². The molecule has 3 rings (SSSR count). The Morgan fingerprint density at radius 1 is 1.24 bits per heavy atom. The van der Waals surface area contributed by atoms with E-state index in [-0.39, 0.29) is 5.82 Å². The number of pyridine rings is 1. The molecule has 3 heteroatoms. The number of hydrogen-bond donors (Lipinski definition) is 1. The van der Waals surface area contributed by atoms with E-state index in [1.54, 1.807) is 18.2 Å². The number of halogens is 1. The Morgan fingerprint density at radius 2 is 2.00 bits per heavy atom. The number of aromatic nitrogens is 1. The molecule has 0 amide bonds. The lowest BCUT2D eigenvalue weighted by molar-refractivity contribution is 0.631. The maximum atomic E-state index is 13.6. The molecule has 0 unspecified atom stereocenters. The Labute approximate surface area is 99.3 Å². The van der Waals surface area contributed by atoms with Crippen LogP contribution in [0, 0.1) is 5.82 Å². The topological polar surface area (TPSA) is 38.9 Å². The SMILES string of the molecule is Nc1cc(C2CC2)cnc1-c1ccccc1F. The summed E-state index contributed by atoms with van der Waals surface area (Å²) in [5.74, 6) is 0.324. The molecule has 1 aromatic heterocycles. The summed E-state index contributed by atoms with van der Waals surface area (Å²) in [6, 6.07) is 8.49. The Bertz CT molecular complexity index is 562. The van der Waals surface area contributed by atoms with Crippen molar-refractivity contribution in [3.63, 3.8) is 0 Å². The summed E-state index contributed by atoms with van der Waals surface area (Å²) in [5, 5.41) is 0. The van der Waals surface area contributed by atoms with Crippen LogP contribution in [0.25, 0.3) is 11.3 Å². The van der Waals surface area contributed by atoms with Crippen LogP contribution in [0.15, 0.2) is 36.5 Å². The minimum atomic E-state index is -0.286. The van der Waals surface area contributed by atoms with Crippen molar-refractivity contribution < 1.29 is 4.39 Å². The summed E-state index contributed by atoms with van der Waals surface area (Å²) < 4.78 is 13.6. The average Bonchev–Trinajstić information content (AvgIpc) is 3.14. The normalized spacial score (nSPS) is 14.9. The Morgan fingerprint density at radius 3 is 2.65 bits per heavy atom. The maximum absolute atomic E-state index is 13.6. The van der Waals surface area contributed by atoms with Crippen molar-refractivity contribution in [2.24, 2.45) is 0 Å². The highest BCUT2D eigenvalue weighted by atomic mass is 19.1. The standard InChI is InChI=1S/C14H13FN2/c15-12-4-2-1-3-11(12)14-13(16)7-10(8-17-14)9-5-6-9/h1-4,7-9H,5-6,16H2. The maximum Gasteiger partial charge on any atom is 0.132 e. The highest BCUT2D eigenvalue weighted by Crippen LogP contribution is 2.41. The summed E-state index contributed by atoms with van der Waals surface area (Å²) in [7, 11) is 0. The van der Waals surface area contributed by atoms with Gasteiger partial charge in [-0.3, -0.25) is 4.98 Å². The molecule has 2 nitrogen and oxygen atoms in total. The molecular weight excluding hydrogens is 215 g/mol. The van der Waals surface area contributed by atoms with Gasteiger partial charge in [-0.15, -0.1) is 0 Å². The molecule has 2 N–H and O–H groups in total. The number of nitrogens with two attached hydrogens (primary N) is 1. The van der Waals surface area contributed by atoms with Crippen molar-refractivity contribution in [1.29, 1.82) is 0 Å². The van der Waals surface area contributed by atoms with E-state index in [1.807, 2.05) is 12.3 Å². The van der Waals surface area contributed by atoms with E-state index >= 15 is 0 Å². The fourth-order valence-electron chi connectivity index (χ4n) is 2.02.